The second kappa shape index (κ2) is 10.1. The molecule has 3 aromatic carbocycles. The maximum atomic E-state index is 13.5. The highest BCUT2D eigenvalue weighted by Gasteiger charge is 2.30. The average molecular weight is 429 g/mol. The molecule has 0 aromatic heterocycles. The number of ether oxygens (including phenoxy) is 1. The van der Waals surface area contributed by atoms with Gasteiger partial charge in [0.25, 0.3) is 5.91 Å². The first-order valence-corrected chi connectivity index (χ1v) is 11.0. The Labute approximate surface area is 189 Å². The van der Waals surface area contributed by atoms with Gasteiger partial charge in [0.2, 0.25) is 5.91 Å². The summed E-state index contributed by atoms with van der Waals surface area (Å²) < 4.78 is 5.63. The Bertz CT molecular complexity index is 988. The molecule has 4 rings (SSSR count). The van der Waals surface area contributed by atoms with Gasteiger partial charge in [-0.25, -0.2) is 0 Å². The number of carbonyl (C=O) groups excluding carboxylic acids is 2. The normalized spacial score (nSPS) is 13.8. The molecule has 1 saturated heterocycles. The van der Waals surface area contributed by atoms with Gasteiger partial charge in [-0.3, -0.25) is 9.59 Å². The van der Waals surface area contributed by atoms with E-state index < -0.39 is 0 Å². The predicted molar refractivity (Wildman–Crippen MR) is 125 cm³/mol. The summed E-state index contributed by atoms with van der Waals surface area (Å²) in [7, 11) is 0. The minimum absolute atomic E-state index is 0.00760. The molecular weight excluding hydrogens is 400 g/mol. The molecule has 2 amide bonds. The van der Waals surface area contributed by atoms with E-state index in [2.05, 4.69) is 0 Å². The molecule has 0 spiro atoms. The Morgan fingerprint density at radius 3 is 1.78 bits per heavy atom. The molecule has 1 fully saturated rings. The number of hydrogen-bond donors (Lipinski definition) is 0. The zero-order valence-electron chi connectivity index (χ0n) is 18.3. The molecule has 1 aliphatic rings. The zero-order valence-corrected chi connectivity index (χ0v) is 18.3. The third-order valence-corrected chi connectivity index (χ3v) is 5.84. The van der Waals surface area contributed by atoms with Gasteiger partial charge in [-0.05, 0) is 30.2 Å². The number of hydrogen-bond acceptors (Lipinski definition) is 3. The van der Waals surface area contributed by atoms with Crippen molar-refractivity contribution in [1.29, 1.82) is 0 Å². The lowest BCUT2D eigenvalue weighted by Crippen LogP contribution is -2.52. The lowest BCUT2D eigenvalue weighted by molar-refractivity contribution is -0.141. The van der Waals surface area contributed by atoms with Gasteiger partial charge >= 0.3 is 0 Å². The zero-order chi connectivity index (χ0) is 22.3. The smallest absolute Gasteiger partial charge is 0.260 e. The Morgan fingerprint density at radius 1 is 0.750 bits per heavy atom. The highest BCUT2D eigenvalue weighted by atomic mass is 16.5. The van der Waals surface area contributed by atoms with E-state index in [9.17, 15) is 9.59 Å². The van der Waals surface area contributed by atoms with Crippen LogP contribution in [0.2, 0.25) is 0 Å². The fourth-order valence-electron chi connectivity index (χ4n) is 4.00. The summed E-state index contributed by atoms with van der Waals surface area (Å²) in [4.78, 5) is 29.7. The van der Waals surface area contributed by atoms with Gasteiger partial charge in [-0.1, -0.05) is 78.4 Å². The second-order valence-corrected chi connectivity index (χ2v) is 8.06. The van der Waals surface area contributed by atoms with Crippen molar-refractivity contribution >= 4 is 11.8 Å². The van der Waals surface area contributed by atoms with Crippen LogP contribution in [0.25, 0.3) is 0 Å². The van der Waals surface area contributed by atoms with E-state index in [1.54, 1.807) is 4.90 Å². The van der Waals surface area contributed by atoms with Crippen LogP contribution in [-0.4, -0.2) is 54.4 Å². The van der Waals surface area contributed by atoms with Gasteiger partial charge in [0, 0.05) is 26.2 Å². The molecule has 0 saturated carbocycles. The third-order valence-electron chi connectivity index (χ3n) is 5.84. The molecule has 5 nitrogen and oxygen atoms in total. The number of nitrogens with zero attached hydrogens (tertiary/aromatic N) is 2. The van der Waals surface area contributed by atoms with Crippen LogP contribution in [0, 0.1) is 6.92 Å². The van der Waals surface area contributed by atoms with E-state index in [1.165, 1.54) is 0 Å². The summed E-state index contributed by atoms with van der Waals surface area (Å²) in [5.74, 6) is 0.363. The van der Waals surface area contributed by atoms with Crippen molar-refractivity contribution in [3.8, 4) is 5.75 Å². The van der Waals surface area contributed by atoms with E-state index in [4.69, 9.17) is 4.74 Å². The molecule has 1 heterocycles. The first-order chi connectivity index (χ1) is 15.6. The predicted octanol–water partition coefficient (Wildman–Crippen LogP) is 3.88. The quantitative estimate of drug-likeness (QED) is 0.599. The molecule has 0 N–H and O–H groups in total. The largest absolute Gasteiger partial charge is 0.484 e. The summed E-state index contributed by atoms with van der Waals surface area (Å²) in [5.41, 5.74) is 3.11. The SMILES string of the molecule is Cc1ccc(OCC(=O)N2CCN(C(=O)C(c3ccccc3)c3ccccc3)CC2)cc1. The monoisotopic (exact) mass is 428 g/mol. The topological polar surface area (TPSA) is 49.9 Å². The van der Waals surface area contributed by atoms with E-state index in [1.807, 2.05) is 96.8 Å². The molecule has 3 aromatic rings. The molecule has 1 aliphatic heterocycles. The molecule has 0 aliphatic carbocycles. The van der Waals surface area contributed by atoms with Gasteiger partial charge in [-0.2, -0.15) is 0 Å². The van der Waals surface area contributed by atoms with Gasteiger partial charge < -0.3 is 14.5 Å². The fraction of sp³-hybridized carbons (Fsp3) is 0.259. The van der Waals surface area contributed by atoms with Gasteiger partial charge in [0.15, 0.2) is 6.61 Å². The molecule has 32 heavy (non-hydrogen) atoms. The summed E-state index contributed by atoms with van der Waals surface area (Å²) >= 11 is 0. The van der Waals surface area contributed by atoms with Crippen LogP contribution in [0.1, 0.15) is 22.6 Å². The number of amides is 2. The van der Waals surface area contributed by atoms with Crippen molar-refractivity contribution in [1.82, 2.24) is 9.80 Å². The number of piperazine rings is 1. The number of rotatable bonds is 6. The van der Waals surface area contributed by atoms with Gasteiger partial charge in [-0.15, -0.1) is 0 Å². The number of carbonyl (C=O) groups is 2. The van der Waals surface area contributed by atoms with Crippen LogP contribution in [0.5, 0.6) is 5.75 Å². The molecule has 5 heteroatoms. The first kappa shape index (κ1) is 21.6. The van der Waals surface area contributed by atoms with Crippen LogP contribution in [-0.2, 0) is 9.59 Å². The first-order valence-electron chi connectivity index (χ1n) is 11.0. The van der Waals surface area contributed by atoms with E-state index in [0.717, 1.165) is 16.7 Å². The lowest BCUT2D eigenvalue weighted by atomic mass is 9.90. The molecule has 164 valence electrons. The minimum atomic E-state index is -0.343. The van der Waals surface area contributed by atoms with Crippen LogP contribution < -0.4 is 4.74 Å². The fourth-order valence-corrected chi connectivity index (χ4v) is 4.00. The molecule has 0 atom stereocenters. The van der Waals surface area contributed by atoms with E-state index in [-0.39, 0.29) is 24.3 Å². The number of benzene rings is 3. The maximum Gasteiger partial charge on any atom is 0.260 e. The Morgan fingerprint density at radius 2 is 1.25 bits per heavy atom. The minimum Gasteiger partial charge on any atom is -0.484 e. The van der Waals surface area contributed by atoms with Crippen molar-refractivity contribution in [3.63, 3.8) is 0 Å². The van der Waals surface area contributed by atoms with E-state index >= 15 is 0 Å². The van der Waals surface area contributed by atoms with Crippen LogP contribution in [0.4, 0.5) is 0 Å². The number of aryl methyl sites for hydroxylation is 1. The van der Waals surface area contributed by atoms with Crippen molar-refractivity contribution in [2.75, 3.05) is 32.8 Å². The van der Waals surface area contributed by atoms with Gasteiger partial charge in [0.1, 0.15) is 5.75 Å². The van der Waals surface area contributed by atoms with Crippen molar-refractivity contribution in [2.24, 2.45) is 0 Å². The standard InChI is InChI=1S/C27H28N2O3/c1-21-12-14-24(15-13-21)32-20-25(30)28-16-18-29(19-17-28)27(31)26(22-8-4-2-5-9-22)23-10-6-3-7-11-23/h2-15,26H,16-20H2,1H3. The Kier molecular flexibility index (Phi) is 6.85. The summed E-state index contributed by atoms with van der Waals surface area (Å²) in [6.45, 7) is 4.08. The van der Waals surface area contributed by atoms with Crippen LogP contribution >= 0.6 is 0 Å². The molecule has 0 unspecified atom stereocenters. The molecular formula is C27H28N2O3. The van der Waals surface area contributed by atoms with Crippen molar-refractivity contribution < 1.29 is 14.3 Å². The highest BCUT2D eigenvalue weighted by molar-refractivity contribution is 5.87. The summed E-state index contributed by atoms with van der Waals surface area (Å²) in [6, 6.07) is 27.4. The molecule has 0 radical (unpaired) electrons. The summed E-state index contributed by atoms with van der Waals surface area (Å²) in [5, 5.41) is 0. The average Bonchev–Trinajstić information content (AvgIpc) is 2.85. The Hall–Kier alpha value is -3.60. The molecule has 0 bridgehead atoms. The van der Waals surface area contributed by atoms with E-state index in [0.29, 0.717) is 31.9 Å². The van der Waals surface area contributed by atoms with Crippen LogP contribution in [0.15, 0.2) is 84.9 Å². The lowest BCUT2D eigenvalue weighted by Gasteiger charge is -2.36. The highest BCUT2D eigenvalue weighted by Crippen LogP contribution is 2.27. The van der Waals surface area contributed by atoms with Gasteiger partial charge in [0.05, 0.1) is 5.92 Å². The second-order valence-electron chi connectivity index (χ2n) is 8.06. The Balaban J connectivity index is 1.37. The maximum absolute atomic E-state index is 13.5. The summed E-state index contributed by atoms with van der Waals surface area (Å²) in [6.07, 6.45) is 0. The van der Waals surface area contributed by atoms with Crippen LogP contribution in [0.3, 0.4) is 0 Å². The van der Waals surface area contributed by atoms with Crippen molar-refractivity contribution in [2.45, 2.75) is 12.8 Å². The van der Waals surface area contributed by atoms with Crippen molar-refractivity contribution in [3.05, 3.63) is 102 Å². The third kappa shape index (κ3) is 5.17.